The highest BCUT2D eigenvalue weighted by atomic mass is 35.5. The number of anilines is 1. The van der Waals surface area contributed by atoms with Crippen LogP contribution in [0.4, 0.5) is 19.0 Å². The normalized spacial score (nSPS) is 16.1. The van der Waals surface area contributed by atoms with Crippen LogP contribution >= 0.6 is 11.6 Å². The summed E-state index contributed by atoms with van der Waals surface area (Å²) in [7, 11) is 0. The molecule has 0 spiro atoms. The molecule has 1 unspecified atom stereocenters. The van der Waals surface area contributed by atoms with Crippen molar-refractivity contribution in [3.05, 3.63) is 35.0 Å². The van der Waals surface area contributed by atoms with Crippen LogP contribution in [0.1, 0.15) is 18.4 Å². The van der Waals surface area contributed by atoms with Gasteiger partial charge in [0.2, 0.25) is 0 Å². The Labute approximate surface area is 145 Å². The van der Waals surface area contributed by atoms with Gasteiger partial charge in [-0.05, 0) is 30.9 Å². The lowest BCUT2D eigenvalue weighted by Crippen LogP contribution is -2.38. The van der Waals surface area contributed by atoms with Crippen LogP contribution in [0.15, 0.2) is 24.4 Å². The first kappa shape index (κ1) is 16.0. The van der Waals surface area contributed by atoms with Crippen LogP contribution in [0.2, 0.25) is 5.02 Å². The lowest BCUT2D eigenvalue weighted by Gasteiger charge is -2.22. The smallest absolute Gasteiger partial charge is 0.358 e. The van der Waals surface area contributed by atoms with Crippen LogP contribution in [0, 0.1) is 17.2 Å². The molecule has 1 fully saturated rings. The molecule has 8 heteroatoms. The first-order chi connectivity index (χ1) is 11.9. The molecule has 0 saturated heterocycles. The Kier molecular flexibility index (Phi) is 3.55. The van der Waals surface area contributed by atoms with Crippen LogP contribution in [0.5, 0.6) is 0 Å². The van der Waals surface area contributed by atoms with Crippen molar-refractivity contribution in [2.45, 2.75) is 25.1 Å². The molecular weight excluding hydrogens is 353 g/mol. The summed E-state index contributed by atoms with van der Waals surface area (Å²) in [5.41, 5.74) is 1.36. The topological polar surface area (TPSA) is 64.5 Å². The third-order valence-corrected chi connectivity index (χ3v) is 4.68. The van der Waals surface area contributed by atoms with Gasteiger partial charge in [0, 0.05) is 22.1 Å². The molecule has 0 aliphatic heterocycles. The van der Waals surface area contributed by atoms with Crippen molar-refractivity contribution in [3.63, 3.8) is 0 Å². The number of nitriles is 1. The van der Waals surface area contributed by atoms with Gasteiger partial charge < -0.3 is 10.3 Å². The highest BCUT2D eigenvalue weighted by Gasteiger charge is 2.49. The number of halogens is 4. The molecule has 3 aromatic rings. The lowest BCUT2D eigenvalue weighted by molar-refractivity contribution is -0.146. The summed E-state index contributed by atoms with van der Waals surface area (Å²) in [6.07, 6.45) is -2.00. The average Bonchev–Trinajstić information content (AvgIpc) is 3.30. The van der Waals surface area contributed by atoms with Crippen molar-refractivity contribution >= 4 is 39.2 Å². The molecule has 2 N–H and O–H groups in total. The van der Waals surface area contributed by atoms with Gasteiger partial charge in [-0.3, -0.25) is 0 Å². The summed E-state index contributed by atoms with van der Waals surface area (Å²) in [6, 6.07) is 5.41. The van der Waals surface area contributed by atoms with E-state index in [0.29, 0.717) is 39.7 Å². The SMILES string of the molecule is N#Cc1cnc(NC(C2CC2)C(F)(F)F)c2c1[nH]c1cc(Cl)ccc12. The van der Waals surface area contributed by atoms with E-state index >= 15 is 0 Å². The summed E-state index contributed by atoms with van der Waals surface area (Å²) in [4.78, 5) is 7.17. The first-order valence-corrected chi connectivity index (χ1v) is 8.09. The van der Waals surface area contributed by atoms with Gasteiger partial charge in [0.15, 0.2) is 0 Å². The number of alkyl halides is 3. The number of nitrogens with one attached hydrogen (secondary N) is 2. The minimum atomic E-state index is -4.36. The molecule has 1 aliphatic rings. The predicted molar refractivity (Wildman–Crippen MR) is 89.5 cm³/mol. The van der Waals surface area contributed by atoms with Crippen LogP contribution in [0.25, 0.3) is 21.8 Å². The van der Waals surface area contributed by atoms with E-state index in [1.54, 1.807) is 18.2 Å². The fourth-order valence-electron chi connectivity index (χ4n) is 3.11. The third kappa shape index (κ3) is 2.76. The number of hydrogen-bond acceptors (Lipinski definition) is 3. The van der Waals surface area contributed by atoms with Crippen molar-refractivity contribution in [2.75, 3.05) is 5.32 Å². The monoisotopic (exact) mass is 364 g/mol. The molecule has 2 heterocycles. The Balaban J connectivity index is 1.92. The maximum atomic E-state index is 13.4. The highest BCUT2D eigenvalue weighted by molar-refractivity contribution is 6.31. The Morgan fingerprint density at radius 1 is 1.36 bits per heavy atom. The Morgan fingerprint density at radius 3 is 2.76 bits per heavy atom. The number of aromatic nitrogens is 2. The van der Waals surface area contributed by atoms with Gasteiger partial charge in [-0.25, -0.2) is 4.98 Å². The van der Waals surface area contributed by atoms with Crippen molar-refractivity contribution < 1.29 is 13.2 Å². The fraction of sp³-hybridized carbons (Fsp3) is 0.294. The first-order valence-electron chi connectivity index (χ1n) is 7.72. The number of H-pyrrole nitrogens is 1. The highest BCUT2D eigenvalue weighted by Crippen LogP contribution is 2.43. The van der Waals surface area contributed by atoms with Gasteiger partial charge in [0.25, 0.3) is 0 Å². The van der Waals surface area contributed by atoms with E-state index in [0.717, 1.165) is 0 Å². The van der Waals surface area contributed by atoms with E-state index in [4.69, 9.17) is 11.6 Å². The second kappa shape index (κ2) is 5.53. The zero-order chi connectivity index (χ0) is 17.8. The molecule has 2 aromatic heterocycles. The molecule has 4 rings (SSSR count). The van der Waals surface area contributed by atoms with Crippen molar-refractivity contribution in [1.29, 1.82) is 5.26 Å². The van der Waals surface area contributed by atoms with Crippen molar-refractivity contribution in [3.8, 4) is 6.07 Å². The number of rotatable bonds is 3. The maximum absolute atomic E-state index is 13.4. The predicted octanol–water partition coefficient (Wildman–Crippen LogP) is 4.99. The molecular formula is C17H12ClF3N4. The van der Waals surface area contributed by atoms with E-state index in [1.807, 2.05) is 6.07 Å². The molecule has 0 radical (unpaired) electrons. The lowest BCUT2D eigenvalue weighted by atomic mass is 10.1. The molecule has 1 atom stereocenters. The number of benzene rings is 1. The van der Waals surface area contributed by atoms with Crippen LogP contribution in [0.3, 0.4) is 0 Å². The molecule has 1 aliphatic carbocycles. The fourth-order valence-corrected chi connectivity index (χ4v) is 3.29. The molecule has 1 saturated carbocycles. The van der Waals surface area contributed by atoms with E-state index in [2.05, 4.69) is 15.3 Å². The molecule has 0 bridgehead atoms. The van der Waals surface area contributed by atoms with Crippen LogP contribution < -0.4 is 5.32 Å². The van der Waals surface area contributed by atoms with E-state index in [9.17, 15) is 18.4 Å². The van der Waals surface area contributed by atoms with Crippen molar-refractivity contribution in [2.24, 2.45) is 5.92 Å². The van der Waals surface area contributed by atoms with Crippen LogP contribution in [-0.2, 0) is 0 Å². The van der Waals surface area contributed by atoms with Gasteiger partial charge in [-0.1, -0.05) is 17.7 Å². The second-order valence-electron chi connectivity index (χ2n) is 6.20. The Morgan fingerprint density at radius 2 is 2.12 bits per heavy atom. The summed E-state index contributed by atoms with van der Waals surface area (Å²) in [5.74, 6) is -0.316. The number of fused-ring (bicyclic) bond motifs is 3. The number of pyridine rings is 1. The zero-order valence-electron chi connectivity index (χ0n) is 12.8. The van der Waals surface area contributed by atoms with Crippen LogP contribution in [-0.4, -0.2) is 22.2 Å². The molecule has 128 valence electrons. The maximum Gasteiger partial charge on any atom is 0.408 e. The molecule has 4 nitrogen and oxygen atoms in total. The van der Waals surface area contributed by atoms with Gasteiger partial charge in [-0.2, -0.15) is 18.4 Å². The molecule has 25 heavy (non-hydrogen) atoms. The van der Waals surface area contributed by atoms with Gasteiger partial charge in [0.1, 0.15) is 17.9 Å². The summed E-state index contributed by atoms with van der Waals surface area (Å²) < 4.78 is 40.1. The third-order valence-electron chi connectivity index (χ3n) is 4.45. The van der Waals surface area contributed by atoms with Gasteiger partial charge in [0.05, 0.1) is 16.5 Å². The summed E-state index contributed by atoms with van der Waals surface area (Å²) >= 11 is 5.99. The standard InChI is InChI=1S/C17H12ClF3N4/c18-10-3-4-11-12(5-10)24-14-9(6-22)7-23-16(13(11)14)25-15(8-1-2-8)17(19,20)21/h3-5,7-8,15,24H,1-2H2,(H,23,25). The Bertz CT molecular complexity index is 1010. The number of hydrogen-bond donors (Lipinski definition) is 2. The summed E-state index contributed by atoms with van der Waals surface area (Å²) in [5, 5.41) is 13.5. The largest absolute Gasteiger partial charge is 0.408 e. The van der Waals surface area contributed by atoms with E-state index in [-0.39, 0.29) is 11.4 Å². The summed E-state index contributed by atoms with van der Waals surface area (Å²) in [6.45, 7) is 0. The second-order valence-corrected chi connectivity index (χ2v) is 6.63. The Hall–Kier alpha value is -2.46. The van der Waals surface area contributed by atoms with Gasteiger partial charge >= 0.3 is 6.18 Å². The number of aromatic amines is 1. The minimum absolute atomic E-state index is 0.122. The molecule has 1 aromatic carbocycles. The van der Waals surface area contributed by atoms with Crippen molar-refractivity contribution in [1.82, 2.24) is 9.97 Å². The van der Waals surface area contributed by atoms with E-state index < -0.39 is 18.1 Å². The zero-order valence-corrected chi connectivity index (χ0v) is 13.5. The van der Waals surface area contributed by atoms with Gasteiger partial charge in [-0.15, -0.1) is 0 Å². The van der Waals surface area contributed by atoms with E-state index in [1.165, 1.54) is 6.20 Å². The minimum Gasteiger partial charge on any atom is -0.358 e. The molecule has 0 amide bonds. The average molecular weight is 365 g/mol. The quantitative estimate of drug-likeness (QED) is 0.687. The number of nitrogens with zero attached hydrogens (tertiary/aromatic N) is 2.